The molecule has 6 heteroatoms. The summed E-state index contributed by atoms with van der Waals surface area (Å²) in [7, 11) is -1.03. The Kier molecular flexibility index (Phi) is 5.24. The number of piperidine rings is 1. The molecule has 5 nitrogen and oxygen atoms in total. The quantitative estimate of drug-likeness (QED) is 0.889. The number of nitrogens with two attached hydrogens (primary N) is 1. The molecule has 1 aromatic carbocycles. The van der Waals surface area contributed by atoms with Crippen molar-refractivity contribution in [2.75, 3.05) is 37.8 Å². The van der Waals surface area contributed by atoms with E-state index < -0.39 is 10.0 Å². The highest BCUT2D eigenvalue weighted by Gasteiger charge is 2.26. The average Bonchev–Trinajstić information content (AvgIpc) is 2.46. The van der Waals surface area contributed by atoms with Crippen molar-refractivity contribution in [3.63, 3.8) is 0 Å². The molecule has 0 amide bonds. The van der Waals surface area contributed by atoms with Gasteiger partial charge in [0.25, 0.3) is 0 Å². The van der Waals surface area contributed by atoms with E-state index in [4.69, 9.17) is 5.73 Å². The molecule has 2 rings (SSSR count). The molecule has 0 bridgehead atoms. The summed E-state index contributed by atoms with van der Waals surface area (Å²) in [6, 6.07) is 8.11. The summed E-state index contributed by atoms with van der Waals surface area (Å²) >= 11 is 0. The summed E-state index contributed by atoms with van der Waals surface area (Å²) in [6.07, 6.45) is 3.30. The minimum Gasteiger partial charge on any atom is -0.374 e. The maximum atomic E-state index is 11.7. The molecule has 0 aliphatic carbocycles. The van der Waals surface area contributed by atoms with Gasteiger partial charge in [0.15, 0.2) is 0 Å². The molecule has 1 atom stereocenters. The van der Waals surface area contributed by atoms with Crippen molar-refractivity contribution < 1.29 is 8.42 Å². The van der Waals surface area contributed by atoms with E-state index in [-0.39, 0.29) is 0 Å². The molecule has 0 radical (unpaired) electrons. The predicted molar refractivity (Wildman–Crippen MR) is 86.7 cm³/mol. The number of nitrogens with zero attached hydrogens (tertiary/aromatic N) is 2. The van der Waals surface area contributed by atoms with Gasteiger partial charge < -0.3 is 10.6 Å². The highest BCUT2D eigenvalue weighted by Crippen LogP contribution is 2.24. The molecule has 0 spiro atoms. The third kappa shape index (κ3) is 4.18. The fraction of sp³-hybridized carbons (Fsp3) is 0.600. The molecule has 1 fully saturated rings. The van der Waals surface area contributed by atoms with Crippen LogP contribution in [0.1, 0.15) is 18.4 Å². The fourth-order valence-electron chi connectivity index (χ4n) is 3.02. The van der Waals surface area contributed by atoms with Gasteiger partial charge in [0.1, 0.15) is 0 Å². The van der Waals surface area contributed by atoms with Gasteiger partial charge in [-0.15, -0.1) is 0 Å². The number of anilines is 1. The predicted octanol–water partition coefficient (Wildman–Crippen LogP) is 1.25. The summed E-state index contributed by atoms with van der Waals surface area (Å²) < 4.78 is 25.0. The number of hydrogen-bond acceptors (Lipinski definition) is 4. The molecule has 1 aromatic rings. The molecule has 2 N–H and O–H groups in total. The molecule has 1 aliphatic rings. The van der Waals surface area contributed by atoms with Crippen LogP contribution >= 0.6 is 0 Å². The first-order valence-corrected chi connectivity index (χ1v) is 9.21. The van der Waals surface area contributed by atoms with E-state index in [9.17, 15) is 8.42 Å². The van der Waals surface area contributed by atoms with Crippen LogP contribution in [0.5, 0.6) is 0 Å². The summed E-state index contributed by atoms with van der Waals surface area (Å²) in [6.45, 7) is 2.63. The van der Waals surface area contributed by atoms with E-state index >= 15 is 0 Å². The minimum atomic E-state index is -3.08. The van der Waals surface area contributed by atoms with Crippen LogP contribution in [0, 0.1) is 5.92 Å². The van der Waals surface area contributed by atoms with E-state index in [1.807, 2.05) is 25.2 Å². The number of hydrogen-bond donors (Lipinski definition) is 1. The van der Waals surface area contributed by atoms with Gasteiger partial charge in [0.05, 0.1) is 6.26 Å². The van der Waals surface area contributed by atoms with Gasteiger partial charge in [-0.1, -0.05) is 18.2 Å². The first-order valence-electron chi connectivity index (χ1n) is 7.36. The lowest BCUT2D eigenvalue weighted by Gasteiger charge is -2.34. The van der Waals surface area contributed by atoms with Gasteiger partial charge in [-0.05, 0) is 30.4 Å². The second-order valence-corrected chi connectivity index (χ2v) is 7.83. The number of sulfonamides is 1. The monoisotopic (exact) mass is 311 g/mol. The van der Waals surface area contributed by atoms with Crippen molar-refractivity contribution in [1.82, 2.24) is 4.31 Å². The Balaban J connectivity index is 2.04. The summed E-state index contributed by atoms with van der Waals surface area (Å²) in [4.78, 5) is 2.19. The minimum absolute atomic E-state index is 0.365. The van der Waals surface area contributed by atoms with Crippen LogP contribution in [0.2, 0.25) is 0 Å². The Labute approximate surface area is 127 Å². The molecule has 0 aromatic heterocycles. The second kappa shape index (κ2) is 6.77. The molecule has 1 heterocycles. The van der Waals surface area contributed by atoms with Gasteiger partial charge >= 0.3 is 0 Å². The summed E-state index contributed by atoms with van der Waals surface area (Å²) in [5.41, 5.74) is 8.04. The fourth-order valence-corrected chi connectivity index (χ4v) is 3.96. The topological polar surface area (TPSA) is 66.6 Å². The molecule has 1 aliphatic heterocycles. The van der Waals surface area contributed by atoms with E-state index in [0.717, 1.165) is 30.6 Å². The maximum absolute atomic E-state index is 11.7. The highest BCUT2D eigenvalue weighted by molar-refractivity contribution is 7.88. The van der Waals surface area contributed by atoms with E-state index in [2.05, 4.69) is 11.0 Å². The van der Waals surface area contributed by atoms with Crippen LogP contribution in [0.3, 0.4) is 0 Å². The lowest BCUT2D eigenvalue weighted by atomic mass is 9.98. The molecule has 21 heavy (non-hydrogen) atoms. The largest absolute Gasteiger partial charge is 0.374 e. The van der Waals surface area contributed by atoms with E-state index in [0.29, 0.717) is 25.6 Å². The first-order chi connectivity index (χ1) is 9.91. The zero-order valence-electron chi connectivity index (χ0n) is 12.8. The Bertz CT molecular complexity index is 574. The zero-order chi connectivity index (χ0) is 15.5. The lowest BCUT2D eigenvalue weighted by Crippen LogP contribution is -2.42. The van der Waals surface area contributed by atoms with Crippen molar-refractivity contribution in [2.45, 2.75) is 19.4 Å². The molecule has 118 valence electrons. The Morgan fingerprint density at radius 1 is 1.38 bits per heavy atom. The Morgan fingerprint density at radius 3 is 2.76 bits per heavy atom. The van der Waals surface area contributed by atoms with Crippen LogP contribution in [0.25, 0.3) is 0 Å². The van der Waals surface area contributed by atoms with Crippen molar-refractivity contribution in [1.29, 1.82) is 0 Å². The van der Waals surface area contributed by atoms with Gasteiger partial charge in [-0.3, -0.25) is 0 Å². The summed E-state index contributed by atoms with van der Waals surface area (Å²) in [5, 5.41) is 0. The number of benzene rings is 1. The second-order valence-electron chi connectivity index (χ2n) is 5.84. The van der Waals surface area contributed by atoms with E-state index in [1.54, 1.807) is 4.31 Å². The lowest BCUT2D eigenvalue weighted by molar-refractivity contribution is 0.271. The average molecular weight is 311 g/mol. The van der Waals surface area contributed by atoms with Crippen LogP contribution in [-0.2, 0) is 16.6 Å². The van der Waals surface area contributed by atoms with Gasteiger partial charge in [0, 0.05) is 38.9 Å². The maximum Gasteiger partial charge on any atom is 0.211 e. The van der Waals surface area contributed by atoms with E-state index in [1.165, 1.54) is 6.26 Å². The molecular formula is C15H25N3O2S. The van der Waals surface area contributed by atoms with Gasteiger partial charge in [-0.2, -0.15) is 0 Å². The number of rotatable bonds is 5. The van der Waals surface area contributed by atoms with Crippen LogP contribution in [0.15, 0.2) is 24.3 Å². The van der Waals surface area contributed by atoms with Crippen LogP contribution in [-0.4, -0.2) is 45.7 Å². The zero-order valence-corrected chi connectivity index (χ0v) is 13.6. The third-order valence-corrected chi connectivity index (χ3v) is 5.38. The van der Waals surface area contributed by atoms with Crippen molar-refractivity contribution in [3.8, 4) is 0 Å². The SMILES string of the molecule is CN(CC1CCCN(S(C)(=O)=O)C1)c1ccccc1CN. The van der Waals surface area contributed by atoms with Gasteiger partial charge in [-0.25, -0.2) is 12.7 Å². The Morgan fingerprint density at radius 2 is 2.10 bits per heavy atom. The molecular weight excluding hydrogens is 286 g/mol. The van der Waals surface area contributed by atoms with Gasteiger partial charge in [0.2, 0.25) is 10.0 Å². The van der Waals surface area contributed by atoms with Crippen LogP contribution in [0.4, 0.5) is 5.69 Å². The van der Waals surface area contributed by atoms with Crippen molar-refractivity contribution in [3.05, 3.63) is 29.8 Å². The number of para-hydroxylation sites is 1. The summed E-state index contributed by atoms with van der Waals surface area (Å²) in [5.74, 6) is 0.365. The first kappa shape index (κ1) is 16.3. The smallest absolute Gasteiger partial charge is 0.211 e. The van der Waals surface area contributed by atoms with Crippen LogP contribution < -0.4 is 10.6 Å². The normalized spacial score (nSPS) is 20.4. The van der Waals surface area contributed by atoms with Crippen molar-refractivity contribution >= 4 is 15.7 Å². The highest BCUT2D eigenvalue weighted by atomic mass is 32.2. The molecule has 0 saturated carbocycles. The Hall–Kier alpha value is -1.11. The standard InChI is InChI=1S/C15H25N3O2S/c1-17(15-8-4-3-7-14(15)10-16)11-13-6-5-9-18(12-13)21(2,19)20/h3-4,7-8,13H,5-6,9-12,16H2,1-2H3. The molecule has 1 unspecified atom stereocenters. The molecule has 1 saturated heterocycles. The van der Waals surface area contributed by atoms with Crippen molar-refractivity contribution in [2.24, 2.45) is 11.7 Å². The third-order valence-electron chi connectivity index (χ3n) is 4.11.